The molecule has 3 N–H and O–H groups in total. The Hall–Kier alpha value is -1.79. The van der Waals surface area contributed by atoms with Crippen molar-refractivity contribution in [2.75, 3.05) is 26.2 Å². The van der Waals surface area contributed by atoms with Crippen molar-refractivity contribution >= 4 is 24.3 Å². The summed E-state index contributed by atoms with van der Waals surface area (Å²) >= 11 is 0. The van der Waals surface area contributed by atoms with E-state index in [2.05, 4.69) is 31.3 Å². The summed E-state index contributed by atoms with van der Waals surface area (Å²) < 4.78 is 0. The highest BCUT2D eigenvalue weighted by atomic mass is 35.5. The number of carbonyl (C=O) groups is 2. The lowest BCUT2D eigenvalue weighted by molar-refractivity contribution is -0.134. The molecule has 6 nitrogen and oxygen atoms in total. The summed E-state index contributed by atoms with van der Waals surface area (Å²) in [6.45, 7) is 7.33. The number of carbonyl (C=O) groups excluding carboxylic acids is 2. The highest BCUT2D eigenvalue weighted by Crippen LogP contribution is 2.27. The first-order valence-corrected chi connectivity index (χ1v) is 9.50. The fraction of sp³-hybridized carbons (Fsp3) is 0.600. The number of piperidine rings is 1. The lowest BCUT2D eigenvalue weighted by atomic mass is 9.79. The van der Waals surface area contributed by atoms with Crippen LogP contribution in [0, 0.1) is 5.41 Å². The van der Waals surface area contributed by atoms with Crippen molar-refractivity contribution in [2.45, 2.75) is 45.7 Å². The number of hydrogen-bond donors (Lipinski definition) is 2. The van der Waals surface area contributed by atoms with Crippen molar-refractivity contribution < 1.29 is 9.59 Å². The molecule has 3 amide bonds. The lowest BCUT2D eigenvalue weighted by Gasteiger charge is -2.42. The molecule has 1 aromatic rings. The van der Waals surface area contributed by atoms with Gasteiger partial charge in [-0.25, -0.2) is 4.79 Å². The summed E-state index contributed by atoms with van der Waals surface area (Å²) in [5.41, 5.74) is 8.60. The van der Waals surface area contributed by atoms with E-state index in [1.165, 1.54) is 11.1 Å². The third-order valence-corrected chi connectivity index (χ3v) is 5.70. The molecule has 1 saturated heterocycles. The van der Waals surface area contributed by atoms with Gasteiger partial charge in [0.05, 0.1) is 0 Å². The molecule has 7 heteroatoms. The van der Waals surface area contributed by atoms with Gasteiger partial charge in [-0.3, -0.25) is 4.79 Å². The second kappa shape index (κ2) is 8.93. The van der Waals surface area contributed by atoms with Gasteiger partial charge in [-0.15, -0.1) is 12.4 Å². The van der Waals surface area contributed by atoms with Crippen LogP contribution in [-0.4, -0.2) is 54.0 Å². The number of nitrogens with one attached hydrogen (secondary N) is 1. The fourth-order valence-corrected chi connectivity index (χ4v) is 3.80. The minimum atomic E-state index is -0.0895. The van der Waals surface area contributed by atoms with Crippen LogP contribution < -0.4 is 11.1 Å². The Morgan fingerprint density at radius 3 is 2.59 bits per heavy atom. The number of halogens is 1. The first kappa shape index (κ1) is 21.5. The maximum Gasteiger partial charge on any atom is 0.317 e. The van der Waals surface area contributed by atoms with E-state index in [0.717, 1.165) is 19.4 Å². The molecule has 0 radical (unpaired) electrons. The molecule has 2 heterocycles. The third-order valence-electron chi connectivity index (χ3n) is 5.70. The lowest BCUT2D eigenvalue weighted by Crippen LogP contribution is -2.54. The van der Waals surface area contributed by atoms with Crippen LogP contribution in [0.3, 0.4) is 0 Å². The average Bonchev–Trinajstić information content (AvgIpc) is 2.63. The first-order valence-electron chi connectivity index (χ1n) is 9.50. The Kier molecular flexibility index (Phi) is 7.12. The van der Waals surface area contributed by atoms with Crippen molar-refractivity contribution in [3.05, 3.63) is 35.4 Å². The molecule has 1 unspecified atom stereocenters. The minimum absolute atomic E-state index is 0. The predicted molar refractivity (Wildman–Crippen MR) is 109 cm³/mol. The van der Waals surface area contributed by atoms with Crippen molar-refractivity contribution in [1.29, 1.82) is 0 Å². The van der Waals surface area contributed by atoms with Gasteiger partial charge in [0.1, 0.15) is 0 Å². The molecule has 2 aliphatic rings. The predicted octanol–water partition coefficient (Wildman–Crippen LogP) is 2.15. The van der Waals surface area contributed by atoms with Gasteiger partial charge in [0.15, 0.2) is 0 Å². The van der Waals surface area contributed by atoms with Gasteiger partial charge in [0.2, 0.25) is 5.91 Å². The minimum Gasteiger partial charge on any atom is -0.342 e. The SMILES string of the molecule is CC1(C)CN(C(=O)CCNC(=O)N2CCc3ccccc3C2)CCC1N.Cl. The summed E-state index contributed by atoms with van der Waals surface area (Å²) in [5.74, 6) is 0.0919. The van der Waals surface area contributed by atoms with Crippen molar-refractivity contribution in [3.63, 3.8) is 0 Å². The van der Waals surface area contributed by atoms with Crippen LogP contribution in [-0.2, 0) is 17.8 Å². The van der Waals surface area contributed by atoms with E-state index in [-0.39, 0.29) is 35.8 Å². The van der Waals surface area contributed by atoms with Gasteiger partial charge in [0, 0.05) is 45.2 Å². The van der Waals surface area contributed by atoms with Crippen LogP contribution in [0.1, 0.15) is 37.8 Å². The quantitative estimate of drug-likeness (QED) is 0.824. The van der Waals surface area contributed by atoms with Crippen LogP contribution >= 0.6 is 12.4 Å². The van der Waals surface area contributed by atoms with E-state index >= 15 is 0 Å². The zero-order valence-corrected chi connectivity index (χ0v) is 17.1. The van der Waals surface area contributed by atoms with Gasteiger partial charge in [-0.2, -0.15) is 0 Å². The van der Waals surface area contributed by atoms with Gasteiger partial charge in [-0.1, -0.05) is 38.1 Å². The van der Waals surface area contributed by atoms with Crippen LogP contribution in [0.25, 0.3) is 0 Å². The van der Waals surface area contributed by atoms with E-state index in [0.29, 0.717) is 32.6 Å². The van der Waals surface area contributed by atoms with E-state index in [9.17, 15) is 9.59 Å². The highest BCUT2D eigenvalue weighted by molar-refractivity contribution is 5.85. The monoisotopic (exact) mass is 394 g/mol. The van der Waals surface area contributed by atoms with Crippen LogP contribution in [0.2, 0.25) is 0 Å². The number of amides is 3. The average molecular weight is 395 g/mol. The molecule has 3 rings (SSSR count). The summed E-state index contributed by atoms with van der Waals surface area (Å²) in [7, 11) is 0. The number of rotatable bonds is 3. The number of fused-ring (bicyclic) bond motifs is 1. The number of benzene rings is 1. The molecule has 0 spiro atoms. The summed E-state index contributed by atoms with van der Waals surface area (Å²) in [6, 6.07) is 8.28. The molecule has 0 aliphatic carbocycles. The van der Waals surface area contributed by atoms with E-state index in [1.54, 1.807) is 0 Å². The number of nitrogens with zero attached hydrogens (tertiary/aromatic N) is 2. The largest absolute Gasteiger partial charge is 0.342 e. The van der Waals surface area contributed by atoms with Crippen LogP contribution in [0.5, 0.6) is 0 Å². The molecule has 1 fully saturated rings. The van der Waals surface area contributed by atoms with Crippen LogP contribution in [0.4, 0.5) is 4.79 Å². The van der Waals surface area contributed by atoms with E-state index in [4.69, 9.17) is 5.73 Å². The molecule has 1 aromatic carbocycles. The van der Waals surface area contributed by atoms with Gasteiger partial charge < -0.3 is 20.9 Å². The number of likely N-dealkylation sites (tertiary alicyclic amines) is 1. The van der Waals surface area contributed by atoms with Crippen molar-refractivity contribution in [1.82, 2.24) is 15.1 Å². The van der Waals surface area contributed by atoms with Gasteiger partial charge >= 0.3 is 6.03 Å². The highest BCUT2D eigenvalue weighted by Gasteiger charge is 2.35. The first-order chi connectivity index (χ1) is 12.4. The molecule has 0 bridgehead atoms. The second-order valence-corrected chi connectivity index (χ2v) is 8.12. The second-order valence-electron chi connectivity index (χ2n) is 8.12. The molecular weight excluding hydrogens is 364 g/mol. The van der Waals surface area contributed by atoms with Gasteiger partial charge in [0.25, 0.3) is 0 Å². The molecule has 2 aliphatic heterocycles. The number of nitrogens with two attached hydrogens (primary N) is 1. The summed E-state index contributed by atoms with van der Waals surface area (Å²) in [6.07, 6.45) is 2.05. The number of hydrogen-bond acceptors (Lipinski definition) is 3. The Labute approximate surface area is 167 Å². The Morgan fingerprint density at radius 2 is 1.89 bits per heavy atom. The smallest absolute Gasteiger partial charge is 0.317 e. The van der Waals surface area contributed by atoms with E-state index < -0.39 is 0 Å². The Morgan fingerprint density at radius 1 is 1.19 bits per heavy atom. The molecular formula is C20H31ClN4O2. The van der Waals surface area contributed by atoms with Gasteiger partial charge in [-0.05, 0) is 29.4 Å². The summed E-state index contributed by atoms with van der Waals surface area (Å²) in [5, 5.41) is 2.90. The molecule has 0 aromatic heterocycles. The normalized spacial score (nSPS) is 21.1. The van der Waals surface area contributed by atoms with Crippen molar-refractivity contribution in [2.24, 2.45) is 11.1 Å². The zero-order valence-electron chi connectivity index (χ0n) is 16.2. The number of urea groups is 1. The third kappa shape index (κ3) is 5.14. The Balaban J connectivity index is 0.00000261. The van der Waals surface area contributed by atoms with Crippen LogP contribution in [0.15, 0.2) is 24.3 Å². The summed E-state index contributed by atoms with van der Waals surface area (Å²) in [4.78, 5) is 28.5. The van der Waals surface area contributed by atoms with E-state index in [1.807, 2.05) is 21.9 Å². The Bertz CT molecular complexity index is 680. The van der Waals surface area contributed by atoms with Crippen molar-refractivity contribution in [3.8, 4) is 0 Å². The molecule has 27 heavy (non-hydrogen) atoms. The topological polar surface area (TPSA) is 78.7 Å². The fourth-order valence-electron chi connectivity index (χ4n) is 3.80. The maximum atomic E-state index is 12.4. The maximum absolute atomic E-state index is 12.4. The standard InChI is InChI=1S/C20H30N4O2.ClH/c1-20(2)14-24(12-9-17(20)21)18(25)7-10-22-19(26)23-11-8-15-5-3-4-6-16(15)13-23;/h3-6,17H,7-14,21H2,1-2H3,(H,22,26);1H. The molecule has 150 valence electrons. The molecule has 1 atom stereocenters. The zero-order chi connectivity index (χ0) is 18.7. The molecule has 0 saturated carbocycles.